The van der Waals surface area contributed by atoms with Crippen LogP contribution in [0.1, 0.15) is 6.42 Å². The summed E-state index contributed by atoms with van der Waals surface area (Å²) in [6.45, 7) is 0.440. The third kappa shape index (κ3) is 2.83. The topological polar surface area (TPSA) is 82.8 Å². The van der Waals surface area contributed by atoms with Gasteiger partial charge in [0.1, 0.15) is 12.3 Å². The van der Waals surface area contributed by atoms with Gasteiger partial charge in [0.15, 0.2) is 0 Å². The molecule has 1 aliphatic heterocycles. The molecule has 0 aromatic rings. The van der Waals surface area contributed by atoms with Crippen LogP contribution in [-0.2, 0) is 14.2 Å². The maximum Gasteiger partial charge on any atom is 0.314 e. The molecular weight excluding hydrogens is 188 g/mol. The maximum atomic E-state index is 10.6. The number of primary amides is 1. The molecule has 0 bridgehead atoms. The van der Waals surface area contributed by atoms with Crippen LogP contribution >= 0.6 is 0 Å². The zero-order valence-electron chi connectivity index (χ0n) is 8.36. The molecule has 0 aliphatic carbocycles. The number of amides is 2. The molecule has 6 nitrogen and oxygen atoms in total. The van der Waals surface area contributed by atoms with Crippen molar-refractivity contribution in [3.8, 4) is 0 Å². The highest BCUT2D eigenvalue weighted by molar-refractivity contribution is 5.71. The van der Waals surface area contributed by atoms with Crippen LogP contribution in [0, 0.1) is 0 Å². The van der Waals surface area contributed by atoms with Gasteiger partial charge in [-0.2, -0.15) is 0 Å². The molecule has 1 heterocycles. The average molecular weight is 204 g/mol. The lowest BCUT2D eigenvalue weighted by Crippen LogP contribution is -2.38. The number of nitrogens with two attached hydrogens (primary N) is 1. The van der Waals surface area contributed by atoms with Gasteiger partial charge in [-0.3, -0.25) is 0 Å². The molecule has 14 heavy (non-hydrogen) atoms. The van der Waals surface area contributed by atoms with Gasteiger partial charge in [-0.1, -0.05) is 0 Å². The molecule has 6 heteroatoms. The smallest absolute Gasteiger partial charge is 0.314 e. The van der Waals surface area contributed by atoms with Gasteiger partial charge in [0, 0.05) is 20.6 Å². The number of carbonyl (C=O) groups is 1. The predicted molar refractivity (Wildman–Crippen MR) is 48.7 cm³/mol. The second-order valence-corrected chi connectivity index (χ2v) is 3.14. The summed E-state index contributed by atoms with van der Waals surface area (Å²) in [6.07, 6.45) is -0.000694. The molecule has 1 aliphatic rings. The number of rotatable bonds is 4. The Morgan fingerprint density at radius 3 is 2.86 bits per heavy atom. The lowest BCUT2D eigenvalue weighted by Gasteiger charge is -2.15. The van der Waals surface area contributed by atoms with E-state index in [0.29, 0.717) is 13.0 Å². The van der Waals surface area contributed by atoms with Crippen LogP contribution in [0.3, 0.4) is 0 Å². The van der Waals surface area contributed by atoms with Gasteiger partial charge in [-0.25, -0.2) is 4.79 Å². The van der Waals surface area contributed by atoms with E-state index >= 15 is 0 Å². The van der Waals surface area contributed by atoms with E-state index in [-0.39, 0.29) is 18.4 Å². The molecule has 2 amide bonds. The molecule has 1 unspecified atom stereocenters. The molecule has 0 saturated carbocycles. The Kier molecular flexibility index (Phi) is 4.12. The number of methoxy groups -OCH3 is 2. The molecule has 1 saturated heterocycles. The lowest BCUT2D eigenvalue weighted by molar-refractivity contribution is -0.0474. The quantitative estimate of drug-likeness (QED) is 0.642. The average Bonchev–Trinajstić information content (AvgIpc) is 2.47. The second-order valence-electron chi connectivity index (χ2n) is 3.14. The van der Waals surface area contributed by atoms with Crippen LogP contribution in [0.15, 0.2) is 0 Å². The fourth-order valence-corrected chi connectivity index (χ4v) is 1.53. The zero-order chi connectivity index (χ0) is 10.6. The maximum absolute atomic E-state index is 10.6. The van der Waals surface area contributed by atoms with E-state index in [1.54, 1.807) is 14.2 Å². The highest BCUT2D eigenvalue weighted by Crippen LogP contribution is 2.21. The summed E-state index contributed by atoms with van der Waals surface area (Å²) in [5.41, 5.74) is 4.98. The SMILES string of the molecule is COC[C@H]1O[C@@H](NC(N)=O)CC1OC. The number of nitrogens with one attached hydrogen (secondary N) is 1. The number of hydrogen-bond acceptors (Lipinski definition) is 4. The standard InChI is InChI=1S/C8H16N2O4/c1-12-4-6-5(13-2)3-7(14-6)10-8(9)11/h5-7H,3-4H2,1-2H3,(H3,9,10,11)/t5?,6-,7-/m1/s1. The minimum atomic E-state index is -0.595. The van der Waals surface area contributed by atoms with Crippen LogP contribution in [0.2, 0.25) is 0 Å². The van der Waals surface area contributed by atoms with Gasteiger partial charge in [-0.15, -0.1) is 0 Å². The molecule has 1 rings (SSSR count). The van der Waals surface area contributed by atoms with Crippen molar-refractivity contribution in [3.63, 3.8) is 0 Å². The number of carbonyl (C=O) groups excluding carboxylic acids is 1. The zero-order valence-corrected chi connectivity index (χ0v) is 8.36. The Balaban J connectivity index is 2.43. The van der Waals surface area contributed by atoms with Crippen molar-refractivity contribution in [1.82, 2.24) is 5.32 Å². The Bertz CT molecular complexity index is 200. The highest BCUT2D eigenvalue weighted by atomic mass is 16.6. The first-order chi connectivity index (χ1) is 6.67. The molecule has 1 fully saturated rings. The number of ether oxygens (including phenoxy) is 3. The summed E-state index contributed by atoms with van der Waals surface area (Å²) in [5.74, 6) is 0. The predicted octanol–water partition coefficient (Wildman–Crippen LogP) is -0.569. The van der Waals surface area contributed by atoms with Gasteiger partial charge >= 0.3 is 6.03 Å². The van der Waals surface area contributed by atoms with E-state index in [1.165, 1.54) is 0 Å². The van der Waals surface area contributed by atoms with E-state index in [1.807, 2.05) is 0 Å². The number of hydrogen-bond donors (Lipinski definition) is 2. The van der Waals surface area contributed by atoms with Gasteiger partial charge in [-0.05, 0) is 0 Å². The minimum Gasteiger partial charge on any atom is -0.382 e. The Hall–Kier alpha value is -0.850. The van der Waals surface area contributed by atoms with Crippen molar-refractivity contribution < 1.29 is 19.0 Å². The van der Waals surface area contributed by atoms with Crippen molar-refractivity contribution in [2.24, 2.45) is 5.73 Å². The molecule has 0 aromatic carbocycles. The lowest BCUT2D eigenvalue weighted by atomic mass is 10.2. The minimum absolute atomic E-state index is 0.0631. The monoisotopic (exact) mass is 204 g/mol. The third-order valence-corrected chi connectivity index (χ3v) is 2.14. The van der Waals surface area contributed by atoms with Crippen molar-refractivity contribution in [1.29, 1.82) is 0 Å². The summed E-state index contributed by atoms with van der Waals surface area (Å²) >= 11 is 0. The molecule has 82 valence electrons. The largest absolute Gasteiger partial charge is 0.382 e. The fraction of sp³-hybridized carbons (Fsp3) is 0.875. The van der Waals surface area contributed by atoms with Crippen LogP contribution in [0.25, 0.3) is 0 Å². The van der Waals surface area contributed by atoms with Crippen molar-refractivity contribution in [2.45, 2.75) is 24.9 Å². The Morgan fingerprint density at radius 2 is 2.36 bits per heavy atom. The van der Waals surface area contributed by atoms with Crippen molar-refractivity contribution >= 4 is 6.03 Å². The third-order valence-electron chi connectivity index (χ3n) is 2.14. The van der Waals surface area contributed by atoms with Crippen LogP contribution < -0.4 is 11.1 Å². The molecule has 0 radical (unpaired) electrons. The summed E-state index contributed by atoms with van der Waals surface area (Å²) in [4.78, 5) is 10.6. The highest BCUT2D eigenvalue weighted by Gasteiger charge is 2.35. The van der Waals surface area contributed by atoms with Gasteiger partial charge in [0.05, 0.1) is 12.7 Å². The van der Waals surface area contributed by atoms with Gasteiger partial charge < -0.3 is 25.3 Å². The molecule has 3 atom stereocenters. The fourth-order valence-electron chi connectivity index (χ4n) is 1.53. The van der Waals surface area contributed by atoms with E-state index in [4.69, 9.17) is 19.9 Å². The molecule has 3 N–H and O–H groups in total. The Labute approximate surface area is 82.7 Å². The Morgan fingerprint density at radius 1 is 1.64 bits per heavy atom. The molecule has 0 spiro atoms. The first-order valence-corrected chi connectivity index (χ1v) is 4.40. The van der Waals surface area contributed by atoms with Crippen LogP contribution in [0.4, 0.5) is 4.79 Å². The van der Waals surface area contributed by atoms with Crippen molar-refractivity contribution in [2.75, 3.05) is 20.8 Å². The normalized spacial score (nSPS) is 31.7. The van der Waals surface area contributed by atoms with E-state index in [2.05, 4.69) is 5.32 Å². The van der Waals surface area contributed by atoms with E-state index in [9.17, 15) is 4.79 Å². The summed E-state index contributed by atoms with van der Waals surface area (Å²) in [6, 6.07) is -0.595. The van der Waals surface area contributed by atoms with Gasteiger partial charge in [0.2, 0.25) is 0 Å². The first-order valence-electron chi connectivity index (χ1n) is 4.40. The first kappa shape index (κ1) is 11.2. The van der Waals surface area contributed by atoms with E-state index in [0.717, 1.165) is 0 Å². The van der Waals surface area contributed by atoms with Crippen LogP contribution in [0.5, 0.6) is 0 Å². The van der Waals surface area contributed by atoms with Crippen LogP contribution in [-0.4, -0.2) is 45.3 Å². The van der Waals surface area contributed by atoms with Crippen molar-refractivity contribution in [3.05, 3.63) is 0 Å². The number of urea groups is 1. The second kappa shape index (κ2) is 5.14. The molecule has 0 aromatic heterocycles. The summed E-state index contributed by atoms with van der Waals surface area (Å²) < 4.78 is 15.6. The van der Waals surface area contributed by atoms with Gasteiger partial charge in [0.25, 0.3) is 0 Å². The molecular formula is C8H16N2O4. The summed E-state index contributed by atoms with van der Waals surface area (Å²) in [5, 5.41) is 2.48. The van der Waals surface area contributed by atoms with E-state index < -0.39 is 6.03 Å². The summed E-state index contributed by atoms with van der Waals surface area (Å²) in [7, 11) is 3.19.